The highest BCUT2D eigenvalue weighted by Gasteiger charge is 2.27. The van der Waals surface area contributed by atoms with E-state index in [4.69, 9.17) is 10.6 Å². The van der Waals surface area contributed by atoms with E-state index >= 15 is 0 Å². The molecule has 0 atom stereocenters. The minimum atomic E-state index is 0.208. The Kier molecular flexibility index (Phi) is 4.27. The molecule has 0 unspecified atom stereocenters. The van der Waals surface area contributed by atoms with Crippen LogP contribution in [0.3, 0.4) is 0 Å². The summed E-state index contributed by atoms with van der Waals surface area (Å²) in [6.07, 6.45) is 2.46. The molecular formula is C17H19BrN2O2. The molecule has 0 bridgehead atoms. The number of anilines is 1. The summed E-state index contributed by atoms with van der Waals surface area (Å²) in [4.78, 5) is 0. The first-order valence-electron chi connectivity index (χ1n) is 7.28. The molecule has 2 aromatic rings. The van der Waals surface area contributed by atoms with Gasteiger partial charge < -0.3 is 14.9 Å². The highest BCUT2D eigenvalue weighted by atomic mass is 79.9. The van der Waals surface area contributed by atoms with Crippen molar-refractivity contribution in [2.75, 3.05) is 12.1 Å². The van der Waals surface area contributed by atoms with Crippen molar-refractivity contribution in [3.63, 3.8) is 0 Å². The van der Waals surface area contributed by atoms with Gasteiger partial charge in [-0.25, -0.2) is 5.84 Å². The highest BCUT2D eigenvalue weighted by molar-refractivity contribution is 9.10. The number of phenolic OH excluding ortho intramolecular Hbond substituents is 1. The van der Waals surface area contributed by atoms with Crippen molar-refractivity contribution in [1.29, 1.82) is 0 Å². The third-order valence-corrected chi connectivity index (χ3v) is 4.49. The van der Waals surface area contributed by atoms with Gasteiger partial charge in [-0.05, 0) is 64.5 Å². The lowest BCUT2D eigenvalue weighted by Gasteiger charge is -2.20. The second-order valence-corrected chi connectivity index (χ2v) is 6.49. The van der Waals surface area contributed by atoms with E-state index in [0.717, 1.165) is 15.7 Å². The lowest BCUT2D eigenvalue weighted by molar-refractivity contribution is 0.302. The summed E-state index contributed by atoms with van der Waals surface area (Å²) in [6.45, 7) is 0.451. The van der Waals surface area contributed by atoms with Crippen LogP contribution in [0.15, 0.2) is 40.9 Å². The smallest absolute Gasteiger partial charge is 0.134 e. The number of halogens is 1. The number of nitrogens with zero attached hydrogens (tertiary/aromatic N) is 1. The molecular weight excluding hydrogens is 344 g/mol. The molecule has 3 rings (SSSR count). The largest absolute Gasteiger partial charge is 0.508 e. The SMILES string of the molecule is CN(N)c1cccc(C2CC2)c1COc1ccc(O)cc1Br. The molecule has 0 aliphatic heterocycles. The summed E-state index contributed by atoms with van der Waals surface area (Å²) >= 11 is 3.41. The first-order chi connectivity index (χ1) is 10.6. The maximum atomic E-state index is 9.46. The Morgan fingerprint density at radius 3 is 2.73 bits per heavy atom. The Labute approximate surface area is 138 Å². The molecule has 22 heavy (non-hydrogen) atoms. The standard InChI is InChI=1S/C17H19BrN2O2/c1-20(19)16-4-2-3-13(11-5-6-11)14(16)10-22-17-8-7-12(21)9-15(17)18/h2-4,7-9,11,21H,5-6,10,19H2,1H3. The van der Waals surface area contributed by atoms with E-state index in [0.29, 0.717) is 18.3 Å². The third-order valence-electron chi connectivity index (χ3n) is 3.87. The fraction of sp³-hybridized carbons (Fsp3) is 0.294. The third kappa shape index (κ3) is 3.20. The summed E-state index contributed by atoms with van der Waals surface area (Å²) in [7, 11) is 1.84. The van der Waals surface area contributed by atoms with Gasteiger partial charge >= 0.3 is 0 Å². The van der Waals surface area contributed by atoms with Gasteiger partial charge in [-0.3, -0.25) is 0 Å². The molecule has 0 aromatic heterocycles. The number of hydrogen-bond donors (Lipinski definition) is 2. The molecule has 0 spiro atoms. The van der Waals surface area contributed by atoms with Crippen molar-refractivity contribution in [1.82, 2.24) is 0 Å². The molecule has 0 radical (unpaired) electrons. The van der Waals surface area contributed by atoms with Gasteiger partial charge in [0.25, 0.3) is 0 Å². The Balaban J connectivity index is 1.87. The molecule has 5 heteroatoms. The van der Waals surface area contributed by atoms with Crippen LogP contribution in [0.4, 0.5) is 5.69 Å². The van der Waals surface area contributed by atoms with E-state index < -0.39 is 0 Å². The number of benzene rings is 2. The van der Waals surface area contributed by atoms with Gasteiger partial charge in [-0.15, -0.1) is 0 Å². The fourth-order valence-corrected chi connectivity index (χ4v) is 3.09. The Hall–Kier alpha value is -1.72. The number of nitrogens with two attached hydrogens (primary N) is 1. The van der Waals surface area contributed by atoms with Crippen molar-refractivity contribution in [2.45, 2.75) is 25.4 Å². The van der Waals surface area contributed by atoms with Gasteiger partial charge in [-0.1, -0.05) is 12.1 Å². The van der Waals surface area contributed by atoms with Crippen LogP contribution in [0.2, 0.25) is 0 Å². The second-order valence-electron chi connectivity index (χ2n) is 5.63. The molecule has 3 N–H and O–H groups in total. The van der Waals surface area contributed by atoms with Gasteiger partial charge in [0.05, 0.1) is 10.2 Å². The number of rotatable bonds is 5. The fourth-order valence-electron chi connectivity index (χ4n) is 2.61. The van der Waals surface area contributed by atoms with E-state index in [1.165, 1.54) is 18.4 Å². The second kappa shape index (κ2) is 6.18. The van der Waals surface area contributed by atoms with Crippen molar-refractivity contribution in [3.8, 4) is 11.5 Å². The zero-order valence-electron chi connectivity index (χ0n) is 12.4. The normalized spacial score (nSPS) is 14.0. The molecule has 1 aliphatic carbocycles. The Morgan fingerprint density at radius 1 is 1.32 bits per heavy atom. The van der Waals surface area contributed by atoms with Gasteiger partial charge in [0.1, 0.15) is 18.1 Å². The van der Waals surface area contributed by atoms with Crippen molar-refractivity contribution < 1.29 is 9.84 Å². The van der Waals surface area contributed by atoms with E-state index in [1.54, 1.807) is 23.2 Å². The molecule has 1 fully saturated rings. The molecule has 0 heterocycles. The van der Waals surface area contributed by atoms with Gasteiger partial charge in [0.2, 0.25) is 0 Å². The number of phenols is 1. The first-order valence-corrected chi connectivity index (χ1v) is 8.07. The molecule has 116 valence electrons. The monoisotopic (exact) mass is 362 g/mol. The van der Waals surface area contributed by atoms with Crippen LogP contribution < -0.4 is 15.6 Å². The lowest BCUT2D eigenvalue weighted by Crippen LogP contribution is -2.27. The molecule has 0 amide bonds. The minimum absolute atomic E-state index is 0.208. The van der Waals surface area contributed by atoms with E-state index in [-0.39, 0.29) is 5.75 Å². The lowest BCUT2D eigenvalue weighted by atomic mass is 10.0. The van der Waals surface area contributed by atoms with Crippen LogP contribution in [-0.2, 0) is 6.61 Å². The topological polar surface area (TPSA) is 58.7 Å². The van der Waals surface area contributed by atoms with Gasteiger partial charge in [0.15, 0.2) is 0 Å². The van der Waals surface area contributed by atoms with Crippen molar-refractivity contribution >= 4 is 21.6 Å². The zero-order valence-corrected chi connectivity index (χ0v) is 14.0. The maximum Gasteiger partial charge on any atom is 0.134 e. The van der Waals surface area contributed by atoms with Gasteiger partial charge in [-0.2, -0.15) is 0 Å². The molecule has 2 aromatic carbocycles. The van der Waals surface area contributed by atoms with E-state index in [1.807, 2.05) is 19.2 Å². The molecule has 1 aliphatic rings. The number of hydrazine groups is 1. The average molecular weight is 363 g/mol. The van der Waals surface area contributed by atoms with Crippen LogP contribution in [-0.4, -0.2) is 12.2 Å². The maximum absolute atomic E-state index is 9.46. The number of aromatic hydroxyl groups is 1. The molecule has 0 saturated heterocycles. The van der Waals surface area contributed by atoms with E-state index in [2.05, 4.69) is 22.0 Å². The number of ether oxygens (including phenoxy) is 1. The van der Waals surface area contributed by atoms with Crippen LogP contribution in [0.5, 0.6) is 11.5 Å². The van der Waals surface area contributed by atoms with E-state index in [9.17, 15) is 5.11 Å². The van der Waals surface area contributed by atoms with Crippen molar-refractivity contribution in [2.24, 2.45) is 5.84 Å². The number of hydrogen-bond acceptors (Lipinski definition) is 4. The minimum Gasteiger partial charge on any atom is -0.508 e. The summed E-state index contributed by atoms with van der Waals surface area (Å²) < 4.78 is 6.68. The highest BCUT2D eigenvalue weighted by Crippen LogP contribution is 2.44. The van der Waals surface area contributed by atoms with Crippen LogP contribution in [0.25, 0.3) is 0 Å². The zero-order chi connectivity index (χ0) is 15.7. The Bertz CT molecular complexity index is 664. The van der Waals surface area contributed by atoms with Gasteiger partial charge in [0, 0.05) is 12.6 Å². The summed E-state index contributed by atoms with van der Waals surface area (Å²) in [6, 6.07) is 11.2. The first kappa shape index (κ1) is 15.2. The summed E-state index contributed by atoms with van der Waals surface area (Å²) in [5.41, 5.74) is 3.44. The predicted octanol–water partition coefficient (Wildman–Crippen LogP) is 3.92. The predicted molar refractivity (Wildman–Crippen MR) is 91.1 cm³/mol. The van der Waals surface area contributed by atoms with Crippen molar-refractivity contribution in [3.05, 3.63) is 52.0 Å². The molecule has 1 saturated carbocycles. The summed E-state index contributed by atoms with van der Waals surface area (Å²) in [5.74, 6) is 7.50. The Morgan fingerprint density at radius 2 is 2.09 bits per heavy atom. The quantitative estimate of drug-likeness (QED) is 0.625. The van der Waals surface area contributed by atoms with Crippen LogP contribution >= 0.6 is 15.9 Å². The molecule has 4 nitrogen and oxygen atoms in total. The van der Waals surface area contributed by atoms with Crippen LogP contribution in [0, 0.1) is 0 Å². The average Bonchev–Trinajstić information content (AvgIpc) is 3.30. The summed E-state index contributed by atoms with van der Waals surface area (Å²) in [5, 5.41) is 11.1. The van der Waals surface area contributed by atoms with Crippen LogP contribution in [0.1, 0.15) is 29.9 Å².